The van der Waals surface area contributed by atoms with Crippen LogP contribution in [0.15, 0.2) is 24.3 Å². The molecule has 1 rings (SSSR count). The summed E-state index contributed by atoms with van der Waals surface area (Å²) in [5.74, 6) is -0.876. The maximum Gasteiger partial charge on any atom is 0.337 e. The van der Waals surface area contributed by atoms with E-state index in [-0.39, 0.29) is 23.7 Å². The molecule has 0 aliphatic rings. The average Bonchev–Trinajstić information content (AvgIpc) is 2.52. The number of esters is 1. The van der Waals surface area contributed by atoms with Crippen molar-refractivity contribution in [2.45, 2.75) is 13.8 Å². The molecule has 0 saturated heterocycles. The van der Waals surface area contributed by atoms with Crippen molar-refractivity contribution in [1.82, 2.24) is 4.90 Å². The summed E-state index contributed by atoms with van der Waals surface area (Å²) in [7, 11) is -2.44. The Morgan fingerprint density at radius 3 is 2.26 bits per heavy atom. The van der Waals surface area contributed by atoms with Gasteiger partial charge in [-0.2, -0.15) is 0 Å². The molecule has 0 radical (unpaired) electrons. The Morgan fingerprint density at radius 1 is 1.17 bits per heavy atom. The predicted octanol–water partition coefficient (Wildman–Crippen LogP) is 1.11. The van der Waals surface area contributed by atoms with Gasteiger partial charge in [-0.15, -0.1) is 0 Å². The molecule has 0 heterocycles. The van der Waals surface area contributed by atoms with Crippen molar-refractivity contribution < 1.29 is 22.7 Å². The third-order valence-electron chi connectivity index (χ3n) is 3.35. The number of amides is 1. The highest BCUT2D eigenvalue weighted by Crippen LogP contribution is 2.20. The number of hydrogen-bond acceptors (Lipinski definition) is 5. The Balaban J connectivity index is 3.19. The summed E-state index contributed by atoms with van der Waals surface area (Å²) < 4.78 is 29.7. The molecule has 1 aromatic rings. The van der Waals surface area contributed by atoms with Gasteiger partial charge in [0.15, 0.2) is 0 Å². The van der Waals surface area contributed by atoms with E-state index in [0.29, 0.717) is 13.1 Å². The van der Waals surface area contributed by atoms with E-state index in [1.807, 2.05) is 13.8 Å². The minimum atomic E-state index is -3.68. The Labute approximate surface area is 136 Å². The summed E-state index contributed by atoms with van der Waals surface area (Å²) in [6.45, 7) is 4.32. The van der Waals surface area contributed by atoms with Gasteiger partial charge >= 0.3 is 5.97 Å². The molecule has 8 heteroatoms. The first-order valence-corrected chi connectivity index (χ1v) is 9.03. The van der Waals surface area contributed by atoms with Crippen molar-refractivity contribution in [2.75, 3.05) is 37.3 Å². The number of ether oxygens (including phenoxy) is 1. The molecule has 0 aromatic heterocycles. The van der Waals surface area contributed by atoms with E-state index in [1.54, 1.807) is 11.0 Å². The van der Waals surface area contributed by atoms with Gasteiger partial charge in [-0.05, 0) is 32.0 Å². The molecule has 0 atom stereocenters. The van der Waals surface area contributed by atoms with Gasteiger partial charge in [-0.25, -0.2) is 13.2 Å². The molecule has 7 nitrogen and oxygen atoms in total. The minimum Gasteiger partial charge on any atom is -0.465 e. The number of sulfonamides is 1. The first-order valence-electron chi connectivity index (χ1n) is 7.18. The van der Waals surface area contributed by atoms with E-state index in [4.69, 9.17) is 0 Å². The summed E-state index contributed by atoms with van der Waals surface area (Å²) in [6.07, 6.45) is 1.02. The Bertz CT molecular complexity index is 668. The summed E-state index contributed by atoms with van der Waals surface area (Å²) in [4.78, 5) is 25.4. The largest absolute Gasteiger partial charge is 0.465 e. The lowest BCUT2D eigenvalue weighted by molar-refractivity contribution is -0.129. The fraction of sp³-hybridized carbons (Fsp3) is 0.467. The zero-order valence-corrected chi connectivity index (χ0v) is 14.6. The van der Waals surface area contributed by atoms with Crippen LogP contribution in [0.25, 0.3) is 0 Å². The van der Waals surface area contributed by atoms with Crippen LogP contribution in [-0.4, -0.2) is 58.2 Å². The van der Waals surface area contributed by atoms with Crippen LogP contribution in [0.2, 0.25) is 0 Å². The topological polar surface area (TPSA) is 84.0 Å². The third kappa shape index (κ3) is 4.95. The lowest BCUT2D eigenvalue weighted by Gasteiger charge is -2.26. The van der Waals surface area contributed by atoms with E-state index in [2.05, 4.69) is 4.74 Å². The molecule has 1 aromatic carbocycles. The first-order chi connectivity index (χ1) is 10.7. The lowest BCUT2D eigenvalue weighted by Crippen LogP contribution is -2.42. The number of likely N-dealkylation sites (N-methyl/N-ethyl adjacent to an activating group) is 1. The fourth-order valence-electron chi connectivity index (χ4n) is 2.11. The van der Waals surface area contributed by atoms with Crippen LogP contribution in [0, 0.1) is 0 Å². The molecule has 0 unspecified atom stereocenters. The van der Waals surface area contributed by atoms with Gasteiger partial charge < -0.3 is 9.64 Å². The number of carbonyl (C=O) groups is 2. The zero-order chi connectivity index (χ0) is 17.6. The van der Waals surface area contributed by atoms with Gasteiger partial charge in [0.25, 0.3) is 0 Å². The molecule has 0 fully saturated rings. The summed E-state index contributed by atoms with van der Waals surface area (Å²) in [5, 5.41) is 0. The van der Waals surface area contributed by atoms with Crippen molar-refractivity contribution in [3.05, 3.63) is 29.8 Å². The normalized spacial score (nSPS) is 11.0. The van der Waals surface area contributed by atoms with E-state index in [9.17, 15) is 18.0 Å². The Kier molecular flexibility index (Phi) is 6.56. The zero-order valence-electron chi connectivity index (χ0n) is 13.8. The van der Waals surface area contributed by atoms with Gasteiger partial charge in [0, 0.05) is 13.1 Å². The quantitative estimate of drug-likeness (QED) is 0.693. The highest BCUT2D eigenvalue weighted by atomic mass is 32.2. The number of rotatable bonds is 7. The number of benzene rings is 1. The first kappa shape index (κ1) is 19.0. The number of carbonyl (C=O) groups excluding carboxylic acids is 2. The second-order valence-corrected chi connectivity index (χ2v) is 6.78. The fourth-order valence-corrected chi connectivity index (χ4v) is 2.95. The SMILES string of the molecule is CCN(CC)C(=O)CN(c1cccc(C(=O)OC)c1)S(C)(=O)=O. The maximum absolute atomic E-state index is 12.2. The second-order valence-electron chi connectivity index (χ2n) is 4.88. The van der Waals surface area contributed by atoms with Crippen molar-refractivity contribution >= 4 is 27.6 Å². The Morgan fingerprint density at radius 2 is 1.78 bits per heavy atom. The van der Waals surface area contributed by atoms with Gasteiger partial charge in [0.1, 0.15) is 6.54 Å². The van der Waals surface area contributed by atoms with Crippen molar-refractivity contribution in [3.63, 3.8) is 0 Å². The van der Waals surface area contributed by atoms with Crippen LogP contribution in [0.4, 0.5) is 5.69 Å². The summed E-state index contributed by atoms with van der Waals surface area (Å²) in [6, 6.07) is 5.98. The number of nitrogens with zero attached hydrogens (tertiary/aromatic N) is 2. The smallest absolute Gasteiger partial charge is 0.337 e. The molecular formula is C15H22N2O5S. The minimum absolute atomic E-state index is 0.217. The second kappa shape index (κ2) is 7.96. The number of methoxy groups -OCH3 is 1. The van der Waals surface area contributed by atoms with Crippen molar-refractivity contribution in [3.8, 4) is 0 Å². The highest BCUT2D eigenvalue weighted by molar-refractivity contribution is 7.92. The van der Waals surface area contributed by atoms with E-state index < -0.39 is 16.0 Å². The van der Waals surface area contributed by atoms with Gasteiger partial charge in [-0.1, -0.05) is 6.07 Å². The van der Waals surface area contributed by atoms with Gasteiger partial charge in [-0.3, -0.25) is 9.10 Å². The summed E-state index contributed by atoms with van der Waals surface area (Å²) in [5.41, 5.74) is 0.463. The molecular weight excluding hydrogens is 320 g/mol. The van der Waals surface area contributed by atoms with Crippen molar-refractivity contribution in [1.29, 1.82) is 0 Å². The molecule has 0 spiro atoms. The van der Waals surface area contributed by atoms with Crippen LogP contribution >= 0.6 is 0 Å². The lowest BCUT2D eigenvalue weighted by atomic mass is 10.2. The maximum atomic E-state index is 12.2. The van der Waals surface area contributed by atoms with Crippen LogP contribution in [0.1, 0.15) is 24.2 Å². The monoisotopic (exact) mass is 342 g/mol. The average molecular weight is 342 g/mol. The molecule has 0 saturated carbocycles. The summed E-state index contributed by atoms with van der Waals surface area (Å²) >= 11 is 0. The molecule has 0 N–H and O–H groups in total. The molecule has 1 amide bonds. The Hall–Kier alpha value is -2.09. The molecule has 23 heavy (non-hydrogen) atoms. The van der Waals surface area contributed by atoms with E-state index in [1.165, 1.54) is 25.3 Å². The van der Waals surface area contributed by atoms with Crippen LogP contribution < -0.4 is 4.31 Å². The standard InChI is InChI=1S/C15H22N2O5S/c1-5-16(6-2)14(18)11-17(23(4,20)21)13-9-7-8-12(10-13)15(19)22-3/h7-10H,5-6,11H2,1-4H3. The number of anilines is 1. The highest BCUT2D eigenvalue weighted by Gasteiger charge is 2.23. The molecule has 0 aliphatic carbocycles. The third-order valence-corrected chi connectivity index (χ3v) is 4.49. The van der Waals surface area contributed by atoms with Gasteiger partial charge in [0.2, 0.25) is 15.9 Å². The van der Waals surface area contributed by atoms with Crippen LogP contribution in [-0.2, 0) is 19.6 Å². The van der Waals surface area contributed by atoms with Gasteiger partial charge in [0.05, 0.1) is 24.6 Å². The van der Waals surface area contributed by atoms with Crippen LogP contribution in [0.3, 0.4) is 0 Å². The van der Waals surface area contributed by atoms with E-state index in [0.717, 1.165) is 10.6 Å². The molecule has 128 valence electrons. The molecule has 0 aliphatic heterocycles. The van der Waals surface area contributed by atoms with E-state index >= 15 is 0 Å². The predicted molar refractivity (Wildman–Crippen MR) is 87.9 cm³/mol. The number of hydrogen-bond donors (Lipinski definition) is 0. The molecule has 0 bridgehead atoms. The van der Waals surface area contributed by atoms with Crippen molar-refractivity contribution in [2.24, 2.45) is 0 Å². The van der Waals surface area contributed by atoms with Crippen LogP contribution in [0.5, 0.6) is 0 Å².